The van der Waals surface area contributed by atoms with Crippen LogP contribution < -0.4 is 5.32 Å². The maximum absolute atomic E-state index is 8.94. The average molecular weight is 346 g/mol. The first-order valence-electron chi connectivity index (χ1n) is 8.35. The molecule has 1 N–H and O–H groups in total. The van der Waals surface area contributed by atoms with Crippen molar-refractivity contribution in [2.75, 3.05) is 7.11 Å². The molecule has 0 aliphatic carbocycles. The van der Waals surface area contributed by atoms with Gasteiger partial charge in [-0.15, -0.1) is 0 Å². The Bertz CT molecular complexity index is 802. The third kappa shape index (κ3) is 7.11. The normalized spacial score (nSPS) is 12.6. The minimum Gasteiger partial charge on any atom is -0.497 e. The lowest BCUT2D eigenvalue weighted by Gasteiger charge is -2.06. The fourth-order valence-electron chi connectivity index (χ4n) is 2.15. The van der Waals surface area contributed by atoms with Gasteiger partial charge in [-0.1, -0.05) is 43.5 Å². The molecule has 0 spiro atoms. The number of ether oxygens (including phenoxy) is 1. The number of methoxy groups -OCH3 is 1. The molecule has 1 aromatic carbocycles. The van der Waals surface area contributed by atoms with Gasteiger partial charge in [-0.25, -0.2) is 0 Å². The van der Waals surface area contributed by atoms with E-state index in [1.165, 1.54) is 0 Å². The average Bonchev–Trinajstić information content (AvgIpc) is 2.67. The minimum absolute atomic E-state index is 0.669. The molecule has 0 bridgehead atoms. The van der Waals surface area contributed by atoms with Crippen molar-refractivity contribution in [3.05, 3.63) is 108 Å². The zero-order valence-electron chi connectivity index (χ0n) is 15.8. The van der Waals surface area contributed by atoms with Crippen molar-refractivity contribution in [1.29, 1.82) is 5.26 Å². The Kier molecular flexibility index (Phi) is 9.06. The lowest BCUT2D eigenvalue weighted by Crippen LogP contribution is -2.10. The van der Waals surface area contributed by atoms with Crippen molar-refractivity contribution in [2.24, 2.45) is 0 Å². The first-order valence-corrected chi connectivity index (χ1v) is 8.35. The summed E-state index contributed by atoms with van der Waals surface area (Å²) in [5, 5.41) is 12.3. The van der Waals surface area contributed by atoms with Crippen LogP contribution >= 0.6 is 0 Å². The molecule has 1 rings (SSSR count). The van der Waals surface area contributed by atoms with Gasteiger partial charge in [0.05, 0.1) is 18.7 Å². The monoisotopic (exact) mass is 346 g/mol. The highest BCUT2D eigenvalue weighted by Gasteiger charge is 1.98. The van der Waals surface area contributed by atoms with E-state index in [0.29, 0.717) is 12.1 Å². The summed E-state index contributed by atoms with van der Waals surface area (Å²) in [6.45, 7) is 12.5. The van der Waals surface area contributed by atoms with Gasteiger partial charge in [0.25, 0.3) is 0 Å². The summed E-state index contributed by atoms with van der Waals surface area (Å²) >= 11 is 0. The zero-order chi connectivity index (χ0) is 19.4. The van der Waals surface area contributed by atoms with Crippen LogP contribution in [0.5, 0.6) is 0 Å². The Morgan fingerprint density at radius 2 is 2.15 bits per heavy atom. The van der Waals surface area contributed by atoms with E-state index in [0.717, 1.165) is 28.2 Å². The number of hydrogen-bond acceptors (Lipinski definition) is 3. The summed E-state index contributed by atoms with van der Waals surface area (Å²) in [4.78, 5) is 0. The lowest BCUT2D eigenvalue weighted by molar-refractivity contribution is 0.306. The number of nitriles is 1. The second kappa shape index (κ2) is 11.3. The summed E-state index contributed by atoms with van der Waals surface area (Å²) in [6, 6.07) is 9.72. The number of hydrogen-bond donors (Lipinski definition) is 1. The third-order valence-corrected chi connectivity index (χ3v) is 3.68. The van der Waals surface area contributed by atoms with Crippen LogP contribution in [0.4, 0.5) is 0 Å². The van der Waals surface area contributed by atoms with E-state index >= 15 is 0 Å². The van der Waals surface area contributed by atoms with Crippen molar-refractivity contribution in [2.45, 2.75) is 20.4 Å². The van der Waals surface area contributed by atoms with E-state index in [4.69, 9.17) is 10.00 Å². The Balaban J connectivity index is 2.68. The lowest BCUT2D eigenvalue weighted by atomic mass is 10.1. The summed E-state index contributed by atoms with van der Waals surface area (Å²) in [6.07, 6.45) is 11.4. The smallest absolute Gasteiger partial charge is 0.115 e. The minimum atomic E-state index is 0.669. The van der Waals surface area contributed by atoms with Crippen molar-refractivity contribution in [3.8, 4) is 6.07 Å². The van der Waals surface area contributed by atoms with Gasteiger partial charge in [-0.3, -0.25) is 0 Å². The number of nitrogens with zero attached hydrogens (tertiary/aromatic N) is 1. The van der Waals surface area contributed by atoms with Crippen molar-refractivity contribution < 1.29 is 4.74 Å². The molecule has 3 heteroatoms. The highest BCUT2D eigenvalue weighted by atomic mass is 16.5. The van der Waals surface area contributed by atoms with Gasteiger partial charge in [-0.05, 0) is 60.9 Å². The maximum atomic E-state index is 8.94. The van der Waals surface area contributed by atoms with Crippen LogP contribution in [0, 0.1) is 11.3 Å². The quantitative estimate of drug-likeness (QED) is 0.486. The molecule has 0 aliphatic rings. The van der Waals surface area contributed by atoms with E-state index in [1.54, 1.807) is 19.3 Å². The second-order valence-electron chi connectivity index (χ2n) is 5.60. The van der Waals surface area contributed by atoms with E-state index in [9.17, 15) is 0 Å². The Hall–Kier alpha value is -3.25. The first-order chi connectivity index (χ1) is 12.5. The zero-order valence-corrected chi connectivity index (χ0v) is 15.8. The number of nitrogens with one attached hydrogen (secondary N) is 1. The van der Waals surface area contributed by atoms with Crippen LogP contribution in [0.1, 0.15) is 25.0 Å². The van der Waals surface area contributed by atoms with E-state index in [-0.39, 0.29) is 0 Å². The molecule has 0 unspecified atom stereocenters. The summed E-state index contributed by atoms with van der Waals surface area (Å²) < 4.78 is 5.24. The Morgan fingerprint density at radius 1 is 1.38 bits per heavy atom. The molecule has 134 valence electrons. The van der Waals surface area contributed by atoms with Crippen LogP contribution in [0.3, 0.4) is 0 Å². The Morgan fingerprint density at radius 3 is 2.77 bits per heavy atom. The molecular formula is C23H26N2O. The predicted molar refractivity (Wildman–Crippen MR) is 109 cm³/mol. The molecule has 0 atom stereocenters. The predicted octanol–water partition coefficient (Wildman–Crippen LogP) is 5.33. The first kappa shape index (κ1) is 20.8. The molecule has 26 heavy (non-hydrogen) atoms. The molecule has 0 saturated carbocycles. The standard InChI is InChI=1S/C23H26N2O/c1-6-22(15-23(7-2)26-5)18(3)10-8-11-19(4)25-17-21-13-9-12-20(14-21)16-24/h6-15,25H,1,3,17H2,2,4-5H3/b10-8-,19-11+,22-15+,23-7+. The number of rotatable bonds is 9. The van der Waals surface area contributed by atoms with Crippen LogP contribution in [0.15, 0.2) is 96.5 Å². The van der Waals surface area contributed by atoms with Crippen LogP contribution in [-0.4, -0.2) is 7.11 Å². The molecule has 3 nitrogen and oxygen atoms in total. The molecule has 0 fully saturated rings. The fraction of sp³-hybridized carbons (Fsp3) is 0.174. The van der Waals surface area contributed by atoms with Crippen molar-refractivity contribution >= 4 is 0 Å². The summed E-state index contributed by atoms with van der Waals surface area (Å²) in [5.41, 5.74) is 4.51. The maximum Gasteiger partial charge on any atom is 0.115 e. The highest BCUT2D eigenvalue weighted by molar-refractivity contribution is 5.47. The fourth-order valence-corrected chi connectivity index (χ4v) is 2.15. The molecule has 0 saturated heterocycles. The van der Waals surface area contributed by atoms with Crippen LogP contribution in [-0.2, 0) is 11.3 Å². The molecule has 0 aliphatic heterocycles. The number of benzene rings is 1. The molecular weight excluding hydrogens is 320 g/mol. The molecule has 0 amide bonds. The summed E-state index contributed by atoms with van der Waals surface area (Å²) in [7, 11) is 1.63. The second-order valence-corrected chi connectivity index (χ2v) is 5.60. The third-order valence-electron chi connectivity index (χ3n) is 3.68. The Labute approximate surface area is 157 Å². The van der Waals surface area contributed by atoms with E-state index in [1.807, 2.05) is 62.4 Å². The van der Waals surface area contributed by atoms with Gasteiger partial charge in [0.15, 0.2) is 0 Å². The van der Waals surface area contributed by atoms with E-state index < -0.39 is 0 Å². The van der Waals surface area contributed by atoms with Crippen LogP contribution in [0.25, 0.3) is 0 Å². The van der Waals surface area contributed by atoms with Gasteiger partial charge in [0.1, 0.15) is 5.76 Å². The van der Waals surface area contributed by atoms with Gasteiger partial charge in [-0.2, -0.15) is 5.26 Å². The molecule has 1 aromatic rings. The van der Waals surface area contributed by atoms with Crippen molar-refractivity contribution in [1.82, 2.24) is 5.32 Å². The van der Waals surface area contributed by atoms with Gasteiger partial charge < -0.3 is 10.1 Å². The van der Waals surface area contributed by atoms with Crippen LogP contribution in [0.2, 0.25) is 0 Å². The highest BCUT2D eigenvalue weighted by Crippen LogP contribution is 2.14. The topological polar surface area (TPSA) is 45.0 Å². The van der Waals surface area contributed by atoms with Gasteiger partial charge in [0, 0.05) is 12.2 Å². The largest absolute Gasteiger partial charge is 0.497 e. The van der Waals surface area contributed by atoms with Crippen molar-refractivity contribution in [3.63, 3.8) is 0 Å². The van der Waals surface area contributed by atoms with E-state index in [2.05, 4.69) is 24.5 Å². The molecule has 0 aromatic heterocycles. The number of allylic oxidation sites excluding steroid dienone is 9. The molecule has 0 radical (unpaired) electrons. The SMILES string of the molecule is C=C/C(=C\C(=C/C)OC)C(=C)/C=C\C=C(/C)NCc1cccc(C#N)c1. The van der Waals surface area contributed by atoms with Gasteiger partial charge in [0.2, 0.25) is 0 Å². The molecule has 0 heterocycles. The summed E-state index contributed by atoms with van der Waals surface area (Å²) in [5.74, 6) is 0.766. The van der Waals surface area contributed by atoms with Gasteiger partial charge >= 0.3 is 0 Å².